The van der Waals surface area contributed by atoms with Gasteiger partial charge >= 0.3 is 0 Å². The Hall–Kier alpha value is -0.870. The highest BCUT2D eigenvalue weighted by atomic mass is 79.9. The van der Waals surface area contributed by atoms with Gasteiger partial charge in [-0.05, 0) is 82.8 Å². The predicted octanol–water partition coefficient (Wildman–Crippen LogP) is 4.32. The molecular formula is C19H23BrO3. The number of fused-ring (bicyclic) bond motifs is 5. The quantitative estimate of drug-likeness (QED) is 0.706. The van der Waals surface area contributed by atoms with Crippen molar-refractivity contribution in [3.05, 3.63) is 27.2 Å². The van der Waals surface area contributed by atoms with E-state index in [2.05, 4.69) is 22.9 Å². The summed E-state index contributed by atoms with van der Waals surface area (Å²) in [5.74, 6) is 1.46. The third kappa shape index (κ3) is 2.00. The lowest BCUT2D eigenvalue weighted by molar-refractivity contribution is -0.0208. The highest BCUT2D eigenvalue weighted by Gasteiger charge is 2.55. The van der Waals surface area contributed by atoms with Crippen LogP contribution in [-0.4, -0.2) is 22.1 Å². The number of rotatable bonds is 0. The molecule has 23 heavy (non-hydrogen) atoms. The maximum atomic E-state index is 12.8. The molecule has 124 valence electrons. The molecule has 0 saturated heterocycles. The van der Waals surface area contributed by atoms with Crippen LogP contribution in [0.2, 0.25) is 0 Å². The summed E-state index contributed by atoms with van der Waals surface area (Å²) in [5.41, 5.74) is 2.60. The molecule has 2 fully saturated rings. The van der Waals surface area contributed by atoms with Crippen molar-refractivity contribution in [1.82, 2.24) is 0 Å². The van der Waals surface area contributed by atoms with Crippen LogP contribution in [0.4, 0.5) is 0 Å². The molecule has 0 radical (unpaired) electrons. The number of carbonyl (C=O) groups is 1. The molecular weight excluding hydrogens is 356 g/mol. The molecule has 4 unspecified atom stereocenters. The highest BCUT2D eigenvalue weighted by molar-refractivity contribution is 9.10. The molecule has 4 heteroatoms. The standard InChI is InChI=1S/C19H23BrO3/c1-9-7-12-10-5-6-19(2)13(3-4-15(19)22)11(10)8-14(21)16(12)17(20)18(9)23/h7,10-11,13,15,22-23H,3-6,8H2,1-2H3/t10?,11?,13?,15?,19-/m0/s1. The fraction of sp³-hybridized carbons (Fsp3) is 0.632. The van der Waals surface area contributed by atoms with Crippen LogP contribution in [-0.2, 0) is 0 Å². The van der Waals surface area contributed by atoms with Gasteiger partial charge in [0.15, 0.2) is 5.78 Å². The van der Waals surface area contributed by atoms with Crippen molar-refractivity contribution in [2.75, 3.05) is 0 Å². The minimum Gasteiger partial charge on any atom is -0.506 e. The van der Waals surface area contributed by atoms with Gasteiger partial charge < -0.3 is 10.2 Å². The summed E-state index contributed by atoms with van der Waals surface area (Å²) < 4.78 is 0.566. The average Bonchev–Trinajstić information content (AvgIpc) is 2.80. The van der Waals surface area contributed by atoms with Crippen molar-refractivity contribution in [2.45, 2.75) is 58.0 Å². The number of hydrogen-bond donors (Lipinski definition) is 2. The van der Waals surface area contributed by atoms with E-state index in [1.54, 1.807) is 0 Å². The fourth-order valence-corrected chi connectivity index (χ4v) is 6.38. The van der Waals surface area contributed by atoms with Gasteiger partial charge in [0.1, 0.15) is 5.75 Å². The summed E-state index contributed by atoms with van der Waals surface area (Å²) in [4.78, 5) is 12.8. The van der Waals surface area contributed by atoms with E-state index in [0.717, 1.165) is 36.8 Å². The van der Waals surface area contributed by atoms with Gasteiger partial charge in [-0.1, -0.05) is 13.0 Å². The third-order valence-electron chi connectivity index (χ3n) is 6.95. The molecule has 0 amide bonds. The van der Waals surface area contributed by atoms with Gasteiger partial charge in [0.25, 0.3) is 0 Å². The SMILES string of the molecule is Cc1cc2c(c(Br)c1O)C(=O)CC1C2CC[C@]2(C)C(O)CCC12. The maximum absolute atomic E-state index is 12.8. The second kappa shape index (κ2) is 5.06. The van der Waals surface area contributed by atoms with E-state index in [9.17, 15) is 15.0 Å². The summed E-state index contributed by atoms with van der Waals surface area (Å²) in [7, 11) is 0. The molecule has 3 nitrogen and oxygen atoms in total. The molecule has 3 aliphatic carbocycles. The van der Waals surface area contributed by atoms with Crippen LogP contribution in [0.15, 0.2) is 10.5 Å². The van der Waals surface area contributed by atoms with Gasteiger partial charge in [0.05, 0.1) is 10.6 Å². The molecule has 0 aliphatic heterocycles. The largest absolute Gasteiger partial charge is 0.506 e. The Morgan fingerprint density at radius 2 is 2.04 bits per heavy atom. The van der Waals surface area contributed by atoms with Crippen LogP contribution >= 0.6 is 15.9 Å². The number of hydrogen-bond acceptors (Lipinski definition) is 3. The molecule has 0 heterocycles. The number of aliphatic hydroxyl groups is 1. The van der Waals surface area contributed by atoms with Crippen molar-refractivity contribution in [3.63, 3.8) is 0 Å². The van der Waals surface area contributed by atoms with Crippen LogP contribution in [0.3, 0.4) is 0 Å². The Kier molecular flexibility index (Phi) is 3.44. The number of phenolic OH excluding ortho intramolecular Hbond substituents is 1. The smallest absolute Gasteiger partial charge is 0.164 e. The van der Waals surface area contributed by atoms with E-state index in [1.807, 2.05) is 13.0 Å². The number of carbonyl (C=O) groups excluding carboxylic acids is 1. The van der Waals surface area contributed by atoms with Gasteiger partial charge in [-0.3, -0.25) is 4.79 Å². The van der Waals surface area contributed by atoms with E-state index in [1.165, 1.54) is 0 Å². The Labute approximate surface area is 145 Å². The zero-order valence-corrected chi connectivity index (χ0v) is 15.2. The summed E-state index contributed by atoms with van der Waals surface area (Å²) in [6.07, 6.45) is 4.25. The van der Waals surface area contributed by atoms with Gasteiger partial charge in [-0.2, -0.15) is 0 Å². The first-order chi connectivity index (χ1) is 10.8. The first-order valence-electron chi connectivity index (χ1n) is 8.58. The number of phenols is 1. The van der Waals surface area contributed by atoms with Crippen molar-refractivity contribution in [3.8, 4) is 5.75 Å². The van der Waals surface area contributed by atoms with Crippen molar-refractivity contribution in [2.24, 2.45) is 17.3 Å². The number of aromatic hydroxyl groups is 1. The summed E-state index contributed by atoms with van der Waals surface area (Å²) in [6.45, 7) is 4.10. The average molecular weight is 379 g/mol. The lowest BCUT2D eigenvalue weighted by Gasteiger charge is -2.49. The molecule has 0 aromatic heterocycles. The van der Waals surface area contributed by atoms with Gasteiger partial charge in [0, 0.05) is 12.0 Å². The van der Waals surface area contributed by atoms with E-state index in [4.69, 9.17) is 0 Å². The van der Waals surface area contributed by atoms with Crippen LogP contribution < -0.4 is 0 Å². The molecule has 1 aromatic carbocycles. The van der Waals surface area contributed by atoms with Gasteiger partial charge in [-0.25, -0.2) is 0 Å². The number of Topliss-reactive ketones (excluding diaryl/α,β-unsaturated/α-hetero) is 1. The summed E-state index contributed by atoms with van der Waals surface area (Å²) in [6, 6.07) is 2.01. The first kappa shape index (κ1) is 15.6. The lowest BCUT2D eigenvalue weighted by Crippen LogP contribution is -2.45. The van der Waals surface area contributed by atoms with Crippen LogP contribution in [0.25, 0.3) is 0 Å². The topological polar surface area (TPSA) is 57.5 Å². The third-order valence-corrected chi connectivity index (χ3v) is 7.72. The molecule has 4 rings (SSSR count). The number of aliphatic hydroxyl groups excluding tert-OH is 1. The second-order valence-electron chi connectivity index (χ2n) is 7.96. The Morgan fingerprint density at radius 1 is 1.30 bits per heavy atom. The molecule has 3 aliphatic rings. The molecule has 2 N–H and O–H groups in total. The fourth-order valence-electron chi connectivity index (χ4n) is 5.61. The minimum atomic E-state index is -0.224. The summed E-state index contributed by atoms with van der Waals surface area (Å²) in [5, 5.41) is 20.6. The second-order valence-corrected chi connectivity index (χ2v) is 8.76. The number of ketones is 1. The zero-order valence-electron chi connectivity index (χ0n) is 13.6. The number of aryl methyl sites for hydroxylation is 1. The Bertz CT molecular complexity index is 698. The van der Waals surface area contributed by atoms with E-state index in [-0.39, 0.29) is 23.1 Å². The van der Waals surface area contributed by atoms with Crippen LogP contribution in [0.5, 0.6) is 5.75 Å². The Balaban J connectivity index is 1.83. The number of halogens is 1. The van der Waals surface area contributed by atoms with Crippen LogP contribution in [0, 0.1) is 24.2 Å². The zero-order chi connectivity index (χ0) is 16.5. The highest BCUT2D eigenvalue weighted by Crippen LogP contribution is 2.61. The minimum absolute atomic E-state index is 0.0256. The lowest BCUT2D eigenvalue weighted by atomic mass is 9.55. The molecule has 5 atom stereocenters. The molecule has 0 bridgehead atoms. The van der Waals surface area contributed by atoms with E-state index < -0.39 is 0 Å². The summed E-state index contributed by atoms with van der Waals surface area (Å²) >= 11 is 3.44. The Morgan fingerprint density at radius 3 is 2.78 bits per heavy atom. The maximum Gasteiger partial charge on any atom is 0.164 e. The van der Waals surface area contributed by atoms with Crippen molar-refractivity contribution >= 4 is 21.7 Å². The predicted molar refractivity (Wildman–Crippen MR) is 91.8 cm³/mol. The normalized spacial score (nSPS) is 38.9. The molecule has 1 aromatic rings. The van der Waals surface area contributed by atoms with Gasteiger partial charge in [-0.15, -0.1) is 0 Å². The molecule has 0 spiro atoms. The number of benzene rings is 1. The monoisotopic (exact) mass is 378 g/mol. The van der Waals surface area contributed by atoms with E-state index >= 15 is 0 Å². The first-order valence-corrected chi connectivity index (χ1v) is 9.37. The van der Waals surface area contributed by atoms with E-state index in [0.29, 0.717) is 34.2 Å². The molecule has 2 saturated carbocycles. The van der Waals surface area contributed by atoms with Crippen molar-refractivity contribution in [1.29, 1.82) is 0 Å². The van der Waals surface area contributed by atoms with Gasteiger partial charge in [0.2, 0.25) is 0 Å². The van der Waals surface area contributed by atoms with Crippen molar-refractivity contribution < 1.29 is 15.0 Å². The van der Waals surface area contributed by atoms with Crippen LogP contribution in [0.1, 0.15) is 66.4 Å².